The Balaban J connectivity index is 2.87. The summed E-state index contributed by atoms with van der Waals surface area (Å²) in [6.45, 7) is 0. The Morgan fingerprint density at radius 1 is 1.42 bits per heavy atom. The largest absolute Gasteiger partial charge is 0.143 e. The van der Waals surface area contributed by atoms with Gasteiger partial charge in [0.25, 0.3) is 0 Å². The zero-order chi connectivity index (χ0) is 8.72. The summed E-state index contributed by atoms with van der Waals surface area (Å²) in [4.78, 5) is 1.02. The topological polar surface area (TPSA) is 0 Å². The molecule has 0 bridgehead atoms. The molecule has 0 amide bonds. The van der Waals surface area contributed by atoms with Crippen molar-refractivity contribution < 1.29 is 0 Å². The van der Waals surface area contributed by atoms with Gasteiger partial charge in [-0.25, -0.2) is 0 Å². The van der Waals surface area contributed by atoms with Crippen LogP contribution in [0.4, 0.5) is 0 Å². The summed E-state index contributed by atoms with van der Waals surface area (Å²) in [5.74, 6) is 0. The SMILES string of the molecule is Sc1ccc2c(Br)c(I)sc2c1. The first-order valence-electron chi connectivity index (χ1n) is 3.25. The summed E-state index contributed by atoms with van der Waals surface area (Å²) >= 11 is 12.0. The third-order valence-electron chi connectivity index (χ3n) is 1.57. The van der Waals surface area contributed by atoms with Crippen LogP contribution in [0, 0.1) is 2.88 Å². The van der Waals surface area contributed by atoms with E-state index in [-0.39, 0.29) is 0 Å². The molecule has 0 saturated heterocycles. The smallest absolute Gasteiger partial charge is 0.0808 e. The third-order valence-corrected chi connectivity index (χ3v) is 5.82. The molecular weight excluding hydrogens is 367 g/mol. The molecule has 1 heterocycles. The minimum absolute atomic E-state index is 1.02. The molecule has 4 heteroatoms. The molecule has 12 heavy (non-hydrogen) atoms. The van der Waals surface area contributed by atoms with Gasteiger partial charge >= 0.3 is 0 Å². The molecule has 0 spiro atoms. The fourth-order valence-corrected chi connectivity index (χ4v) is 3.90. The van der Waals surface area contributed by atoms with E-state index in [1.54, 1.807) is 11.3 Å². The molecule has 0 unspecified atom stereocenters. The normalized spacial score (nSPS) is 10.9. The molecular formula is C8H4BrIS2. The summed E-state index contributed by atoms with van der Waals surface area (Å²) in [6.07, 6.45) is 0. The van der Waals surface area contributed by atoms with Crippen molar-refractivity contribution in [2.75, 3.05) is 0 Å². The van der Waals surface area contributed by atoms with E-state index in [0.29, 0.717) is 0 Å². The van der Waals surface area contributed by atoms with Crippen LogP contribution in [-0.2, 0) is 0 Å². The van der Waals surface area contributed by atoms with Crippen molar-refractivity contribution >= 4 is 72.6 Å². The molecule has 0 aliphatic carbocycles. The summed E-state index contributed by atoms with van der Waals surface area (Å²) < 4.78 is 3.79. The quantitative estimate of drug-likeness (QED) is 0.510. The first-order chi connectivity index (χ1) is 5.68. The van der Waals surface area contributed by atoms with E-state index < -0.39 is 0 Å². The lowest BCUT2D eigenvalue weighted by molar-refractivity contribution is 1.54. The molecule has 1 aromatic heterocycles. The number of benzene rings is 1. The Hall–Kier alpha value is 0.740. The van der Waals surface area contributed by atoms with Crippen LogP contribution < -0.4 is 0 Å². The summed E-state index contributed by atoms with van der Waals surface area (Å²) in [7, 11) is 0. The Kier molecular flexibility index (Phi) is 2.69. The standard InChI is InChI=1S/C8H4BrIS2/c9-7-5-2-1-4(11)3-6(5)12-8(7)10/h1-3,11H. The first-order valence-corrected chi connectivity index (χ1v) is 6.38. The molecule has 2 aromatic rings. The second-order valence-electron chi connectivity index (χ2n) is 2.37. The lowest BCUT2D eigenvalue weighted by atomic mass is 10.3. The monoisotopic (exact) mass is 370 g/mol. The van der Waals surface area contributed by atoms with E-state index in [0.717, 1.165) is 4.90 Å². The van der Waals surface area contributed by atoms with Crippen LogP contribution in [0.25, 0.3) is 10.1 Å². The van der Waals surface area contributed by atoms with Gasteiger partial charge < -0.3 is 0 Å². The van der Waals surface area contributed by atoms with Crippen LogP contribution >= 0.6 is 62.5 Å². The average molecular weight is 371 g/mol. The Morgan fingerprint density at radius 3 is 2.92 bits per heavy atom. The molecule has 0 saturated carbocycles. The van der Waals surface area contributed by atoms with Crippen molar-refractivity contribution in [2.24, 2.45) is 0 Å². The van der Waals surface area contributed by atoms with Crippen LogP contribution in [0.2, 0.25) is 0 Å². The van der Waals surface area contributed by atoms with Crippen LogP contribution in [0.1, 0.15) is 0 Å². The predicted octanol–water partition coefficient (Wildman–Crippen LogP) is 4.56. The second-order valence-corrected chi connectivity index (χ2v) is 6.54. The molecule has 2 rings (SSSR count). The van der Waals surface area contributed by atoms with Crippen LogP contribution in [0.3, 0.4) is 0 Å². The molecule has 0 aliphatic heterocycles. The second kappa shape index (κ2) is 3.48. The summed E-state index contributed by atoms with van der Waals surface area (Å²) in [5.41, 5.74) is 0. The van der Waals surface area contributed by atoms with Gasteiger partial charge in [-0.3, -0.25) is 0 Å². The molecule has 0 fully saturated rings. The lowest BCUT2D eigenvalue weighted by Gasteiger charge is -1.91. The summed E-state index contributed by atoms with van der Waals surface area (Å²) in [5, 5.41) is 1.28. The highest BCUT2D eigenvalue weighted by Gasteiger charge is 2.06. The highest BCUT2D eigenvalue weighted by atomic mass is 127. The molecule has 0 radical (unpaired) electrons. The van der Waals surface area contributed by atoms with Crippen molar-refractivity contribution in [3.05, 3.63) is 25.6 Å². The van der Waals surface area contributed by atoms with E-state index in [1.165, 1.54) is 17.4 Å². The highest BCUT2D eigenvalue weighted by Crippen LogP contribution is 2.37. The van der Waals surface area contributed by atoms with Gasteiger partial charge in [-0.05, 0) is 50.7 Å². The van der Waals surface area contributed by atoms with Crippen molar-refractivity contribution in [2.45, 2.75) is 4.90 Å². The minimum Gasteiger partial charge on any atom is -0.143 e. The molecule has 0 nitrogen and oxygen atoms in total. The average Bonchev–Trinajstić information content (AvgIpc) is 2.28. The van der Waals surface area contributed by atoms with E-state index in [4.69, 9.17) is 0 Å². The molecule has 0 N–H and O–H groups in total. The van der Waals surface area contributed by atoms with E-state index in [2.05, 4.69) is 63.3 Å². The van der Waals surface area contributed by atoms with Gasteiger partial charge in [0, 0.05) is 19.5 Å². The van der Waals surface area contributed by atoms with Crippen LogP contribution in [0.5, 0.6) is 0 Å². The third kappa shape index (κ3) is 1.54. The van der Waals surface area contributed by atoms with Crippen LogP contribution in [0.15, 0.2) is 27.6 Å². The maximum Gasteiger partial charge on any atom is 0.0808 e. The van der Waals surface area contributed by atoms with E-state index in [1.807, 2.05) is 6.07 Å². The fourth-order valence-electron chi connectivity index (χ4n) is 1.02. The minimum atomic E-state index is 1.02. The Bertz CT molecular complexity index is 436. The predicted molar refractivity (Wildman–Crippen MR) is 69.5 cm³/mol. The maximum absolute atomic E-state index is 4.29. The first kappa shape index (κ1) is 9.30. The van der Waals surface area contributed by atoms with Gasteiger partial charge in [-0.2, -0.15) is 0 Å². The molecule has 0 atom stereocenters. The maximum atomic E-state index is 4.29. The van der Waals surface area contributed by atoms with E-state index >= 15 is 0 Å². The number of hydrogen-bond donors (Lipinski definition) is 1. The fraction of sp³-hybridized carbons (Fsp3) is 0. The number of thiol groups is 1. The number of rotatable bonds is 0. The molecule has 62 valence electrons. The van der Waals surface area contributed by atoms with Gasteiger partial charge in [0.05, 0.1) is 2.88 Å². The van der Waals surface area contributed by atoms with Crippen molar-refractivity contribution in [3.8, 4) is 0 Å². The van der Waals surface area contributed by atoms with Gasteiger partial charge in [0.1, 0.15) is 0 Å². The molecule has 0 aliphatic rings. The highest BCUT2D eigenvalue weighted by molar-refractivity contribution is 14.1. The summed E-state index contributed by atoms with van der Waals surface area (Å²) in [6, 6.07) is 6.20. The van der Waals surface area contributed by atoms with Gasteiger partial charge in [0.2, 0.25) is 0 Å². The van der Waals surface area contributed by atoms with Gasteiger partial charge in [-0.1, -0.05) is 6.07 Å². The number of halogens is 2. The van der Waals surface area contributed by atoms with Crippen molar-refractivity contribution in [1.82, 2.24) is 0 Å². The number of thiophene rings is 1. The van der Waals surface area contributed by atoms with E-state index in [9.17, 15) is 0 Å². The lowest BCUT2D eigenvalue weighted by Crippen LogP contribution is -1.65. The van der Waals surface area contributed by atoms with Crippen molar-refractivity contribution in [3.63, 3.8) is 0 Å². The number of fused-ring (bicyclic) bond motifs is 1. The Morgan fingerprint density at radius 2 is 2.17 bits per heavy atom. The van der Waals surface area contributed by atoms with Gasteiger partial charge in [0.15, 0.2) is 0 Å². The van der Waals surface area contributed by atoms with Crippen LogP contribution in [-0.4, -0.2) is 0 Å². The van der Waals surface area contributed by atoms with Gasteiger partial charge in [-0.15, -0.1) is 24.0 Å². The zero-order valence-electron chi connectivity index (χ0n) is 5.84. The Labute approximate surface area is 102 Å². The zero-order valence-corrected chi connectivity index (χ0v) is 11.3. The van der Waals surface area contributed by atoms with Crippen molar-refractivity contribution in [1.29, 1.82) is 0 Å². The molecule has 1 aromatic carbocycles. The number of hydrogen-bond acceptors (Lipinski definition) is 2.